The number of carbonyl (C=O) groups excluding carboxylic acids is 2. The van der Waals surface area contributed by atoms with Crippen LogP contribution in [0.2, 0.25) is 0 Å². The van der Waals surface area contributed by atoms with Crippen LogP contribution in [0.15, 0.2) is 30.5 Å². The Morgan fingerprint density at radius 2 is 2.05 bits per heavy atom. The molecule has 0 bridgehead atoms. The van der Waals surface area contributed by atoms with E-state index in [4.69, 9.17) is 4.74 Å². The second kappa shape index (κ2) is 5.34. The van der Waals surface area contributed by atoms with Crippen LogP contribution in [-0.2, 0) is 4.74 Å². The van der Waals surface area contributed by atoms with Crippen molar-refractivity contribution in [3.63, 3.8) is 0 Å². The highest BCUT2D eigenvalue weighted by Crippen LogP contribution is 2.23. The Balaban J connectivity index is 2.60. The number of para-hydroxylation sites is 2. The number of hydrogen-bond donors (Lipinski definition) is 0. The molecule has 0 aliphatic rings. The highest BCUT2D eigenvalue weighted by molar-refractivity contribution is 5.97. The van der Waals surface area contributed by atoms with E-state index in [9.17, 15) is 9.59 Å². The van der Waals surface area contributed by atoms with Crippen molar-refractivity contribution in [2.45, 2.75) is 0 Å². The fraction of sp³-hybridized carbons (Fsp3) is 0.154. The Kier molecular flexibility index (Phi) is 3.61. The quantitative estimate of drug-likeness (QED) is 0.615. The van der Waals surface area contributed by atoms with Gasteiger partial charge >= 0.3 is 5.97 Å². The van der Waals surface area contributed by atoms with Crippen molar-refractivity contribution in [2.24, 2.45) is 0 Å². The molecule has 0 radical (unpaired) electrons. The molecular formula is C13H12N2O4. The van der Waals surface area contributed by atoms with Gasteiger partial charge in [-0.05, 0) is 12.1 Å². The SMILES string of the molecule is COC(=O)c1cnn(-c2ccccc2OC)c1C=O. The Morgan fingerprint density at radius 3 is 2.68 bits per heavy atom. The van der Waals surface area contributed by atoms with Crippen molar-refractivity contribution in [1.82, 2.24) is 9.78 Å². The number of esters is 1. The van der Waals surface area contributed by atoms with Gasteiger partial charge in [-0.1, -0.05) is 12.1 Å². The van der Waals surface area contributed by atoms with Gasteiger partial charge < -0.3 is 9.47 Å². The number of hydrogen-bond acceptors (Lipinski definition) is 5. The molecule has 0 unspecified atom stereocenters. The molecule has 2 aromatic rings. The maximum Gasteiger partial charge on any atom is 0.341 e. The predicted molar refractivity (Wildman–Crippen MR) is 66.8 cm³/mol. The number of carbonyl (C=O) groups is 2. The maximum absolute atomic E-state index is 11.5. The third kappa shape index (κ3) is 2.20. The van der Waals surface area contributed by atoms with Crippen molar-refractivity contribution in [3.8, 4) is 11.4 Å². The summed E-state index contributed by atoms with van der Waals surface area (Å²) in [6.07, 6.45) is 1.85. The smallest absolute Gasteiger partial charge is 0.341 e. The van der Waals surface area contributed by atoms with E-state index >= 15 is 0 Å². The number of nitrogens with zero attached hydrogens (tertiary/aromatic N) is 2. The topological polar surface area (TPSA) is 70.4 Å². The van der Waals surface area contributed by atoms with Gasteiger partial charge in [-0.15, -0.1) is 0 Å². The average molecular weight is 260 g/mol. The fourth-order valence-corrected chi connectivity index (χ4v) is 1.74. The minimum Gasteiger partial charge on any atom is -0.494 e. The Morgan fingerprint density at radius 1 is 1.32 bits per heavy atom. The monoisotopic (exact) mass is 260 g/mol. The van der Waals surface area contributed by atoms with Crippen LogP contribution in [0.5, 0.6) is 5.75 Å². The summed E-state index contributed by atoms with van der Waals surface area (Å²) in [6.45, 7) is 0. The largest absolute Gasteiger partial charge is 0.494 e. The third-order valence-electron chi connectivity index (χ3n) is 2.64. The molecule has 0 saturated heterocycles. The van der Waals surface area contributed by atoms with E-state index in [-0.39, 0.29) is 11.3 Å². The summed E-state index contributed by atoms with van der Waals surface area (Å²) in [4.78, 5) is 22.7. The van der Waals surface area contributed by atoms with E-state index in [1.165, 1.54) is 25.1 Å². The van der Waals surface area contributed by atoms with E-state index in [1.807, 2.05) is 0 Å². The minimum atomic E-state index is -0.608. The van der Waals surface area contributed by atoms with Crippen LogP contribution >= 0.6 is 0 Å². The molecule has 0 saturated carbocycles. The summed E-state index contributed by atoms with van der Waals surface area (Å²) in [5.74, 6) is -0.0617. The molecule has 0 spiro atoms. The zero-order valence-electron chi connectivity index (χ0n) is 10.5. The molecule has 19 heavy (non-hydrogen) atoms. The lowest BCUT2D eigenvalue weighted by molar-refractivity contribution is 0.0598. The zero-order chi connectivity index (χ0) is 13.8. The molecule has 98 valence electrons. The molecule has 6 heteroatoms. The van der Waals surface area contributed by atoms with Gasteiger partial charge in [-0.3, -0.25) is 4.79 Å². The van der Waals surface area contributed by atoms with Crippen LogP contribution in [0.25, 0.3) is 5.69 Å². The Bertz CT molecular complexity index is 619. The lowest BCUT2D eigenvalue weighted by Crippen LogP contribution is -2.08. The van der Waals surface area contributed by atoms with E-state index in [1.54, 1.807) is 24.3 Å². The minimum absolute atomic E-state index is 0.114. The van der Waals surface area contributed by atoms with E-state index in [0.29, 0.717) is 17.7 Å². The van der Waals surface area contributed by atoms with Crippen LogP contribution in [0, 0.1) is 0 Å². The number of ether oxygens (including phenoxy) is 2. The van der Waals surface area contributed by atoms with E-state index in [2.05, 4.69) is 9.84 Å². The van der Waals surface area contributed by atoms with Gasteiger partial charge in [-0.2, -0.15) is 5.10 Å². The molecule has 0 aliphatic heterocycles. The summed E-state index contributed by atoms with van der Waals surface area (Å²) in [5, 5.41) is 4.04. The Hall–Kier alpha value is -2.63. The second-order valence-corrected chi connectivity index (χ2v) is 3.64. The van der Waals surface area contributed by atoms with Crippen molar-refractivity contribution >= 4 is 12.3 Å². The molecule has 0 N–H and O–H groups in total. The molecule has 1 aromatic heterocycles. The van der Waals surface area contributed by atoms with Gasteiger partial charge in [0.05, 0.1) is 20.4 Å². The molecular weight excluding hydrogens is 248 g/mol. The molecule has 2 rings (SSSR count). The summed E-state index contributed by atoms with van der Waals surface area (Å²) < 4.78 is 11.1. The van der Waals surface area contributed by atoms with Crippen molar-refractivity contribution in [3.05, 3.63) is 41.7 Å². The van der Waals surface area contributed by atoms with Gasteiger partial charge in [0.2, 0.25) is 0 Å². The number of benzene rings is 1. The first kappa shape index (κ1) is 12.8. The zero-order valence-corrected chi connectivity index (χ0v) is 10.5. The first-order valence-corrected chi connectivity index (χ1v) is 5.47. The fourth-order valence-electron chi connectivity index (χ4n) is 1.74. The third-order valence-corrected chi connectivity index (χ3v) is 2.64. The standard InChI is InChI=1S/C13H12N2O4/c1-18-12-6-4-3-5-10(12)15-11(8-16)9(7-14-15)13(17)19-2/h3-8H,1-2H3. The molecule has 0 amide bonds. The van der Waals surface area contributed by atoms with Crippen molar-refractivity contribution < 1.29 is 19.1 Å². The second-order valence-electron chi connectivity index (χ2n) is 3.64. The number of rotatable bonds is 4. The van der Waals surface area contributed by atoms with E-state index in [0.717, 1.165) is 0 Å². The summed E-state index contributed by atoms with van der Waals surface area (Å²) in [6, 6.07) is 7.06. The Labute approximate surface area is 109 Å². The van der Waals surface area contributed by atoms with Gasteiger partial charge in [0.1, 0.15) is 22.7 Å². The molecule has 0 fully saturated rings. The first-order valence-electron chi connectivity index (χ1n) is 5.47. The summed E-state index contributed by atoms with van der Waals surface area (Å²) >= 11 is 0. The van der Waals surface area contributed by atoms with E-state index < -0.39 is 5.97 Å². The molecule has 0 aliphatic carbocycles. The molecule has 1 aromatic carbocycles. The first-order chi connectivity index (χ1) is 9.22. The number of aldehydes is 1. The van der Waals surface area contributed by atoms with Crippen LogP contribution in [0.4, 0.5) is 0 Å². The van der Waals surface area contributed by atoms with Crippen molar-refractivity contribution in [2.75, 3.05) is 14.2 Å². The van der Waals surface area contributed by atoms with Gasteiger partial charge in [0.15, 0.2) is 6.29 Å². The van der Waals surface area contributed by atoms with Crippen LogP contribution in [0.1, 0.15) is 20.8 Å². The highest BCUT2D eigenvalue weighted by Gasteiger charge is 2.19. The molecule has 6 nitrogen and oxygen atoms in total. The number of aromatic nitrogens is 2. The van der Waals surface area contributed by atoms with Crippen LogP contribution < -0.4 is 4.74 Å². The normalized spacial score (nSPS) is 10.0. The van der Waals surface area contributed by atoms with Gasteiger partial charge in [0.25, 0.3) is 0 Å². The molecule has 0 atom stereocenters. The molecule has 1 heterocycles. The maximum atomic E-state index is 11.5. The lowest BCUT2D eigenvalue weighted by atomic mass is 10.2. The van der Waals surface area contributed by atoms with Crippen LogP contribution in [-0.4, -0.2) is 36.3 Å². The predicted octanol–water partition coefficient (Wildman–Crippen LogP) is 1.48. The van der Waals surface area contributed by atoms with Gasteiger partial charge in [0, 0.05) is 0 Å². The highest BCUT2D eigenvalue weighted by atomic mass is 16.5. The average Bonchev–Trinajstić information content (AvgIpc) is 2.89. The lowest BCUT2D eigenvalue weighted by Gasteiger charge is -2.09. The van der Waals surface area contributed by atoms with Crippen molar-refractivity contribution in [1.29, 1.82) is 0 Å². The van der Waals surface area contributed by atoms with Gasteiger partial charge in [-0.25, -0.2) is 9.48 Å². The number of methoxy groups -OCH3 is 2. The summed E-state index contributed by atoms with van der Waals surface area (Å²) in [5.41, 5.74) is 0.807. The van der Waals surface area contributed by atoms with Crippen LogP contribution in [0.3, 0.4) is 0 Å². The summed E-state index contributed by atoms with van der Waals surface area (Å²) in [7, 11) is 2.77.